The quantitative estimate of drug-likeness (QED) is 0.707. The molecule has 1 saturated carbocycles. The third-order valence-electron chi connectivity index (χ3n) is 3.54. The van der Waals surface area contributed by atoms with Crippen molar-refractivity contribution in [1.82, 2.24) is 4.98 Å². The minimum absolute atomic E-state index is 0.668. The molecule has 94 valence electrons. The number of aromatic nitrogens is 1. The molecule has 3 heteroatoms. The van der Waals surface area contributed by atoms with E-state index in [0.717, 1.165) is 10.7 Å². The van der Waals surface area contributed by atoms with Gasteiger partial charge < -0.3 is 0 Å². The highest BCUT2D eigenvalue weighted by Gasteiger charge is 2.17. The van der Waals surface area contributed by atoms with Crippen LogP contribution < -0.4 is 0 Å². The number of halogens is 1. The number of rotatable bonds is 3. The Kier molecular flexibility index (Phi) is 4.63. The topological polar surface area (TPSA) is 12.9 Å². The molecular weight excluding hydrogens is 250 g/mol. The molecule has 1 heterocycles. The number of thiazole rings is 1. The fourth-order valence-corrected chi connectivity index (χ4v) is 3.79. The van der Waals surface area contributed by atoms with Gasteiger partial charge in [-0.25, -0.2) is 4.98 Å². The molecule has 1 aliphatic rings. The summed E-state index contributed by atoms with van der Waals surface area (Å²) in [6.07, 6.45) is 9.04. The molecule has 0 aromatic carbocycles. The van der Waals surface area contributed by atoms with Crippen molar-refractivity contribution in [3.05, 3.63) is 21.2 Å². The summed E-state index contributed by atoms with van der Waals surface area (Å²) in [4.78, 5) is 5.77. The maximum Gasteiger partial charge on any atom is 0.0903 e. The highest BCUT2D eigenvalue weighted by Crippen LogP contribution is 2.32. The number of alkyl halides is 1. The van der Waals surface area contributed by atoms with E-state index in [1.807, 2.05) is 0 Å². The second-order valence-corrected chi connectivity index (χ2v) is 6.37. The average Bonchev–Trinajstić information content (AvgIpc) is 2.66. The number of nitrogens with zero attached hydrogens (tertiary/aromatic N) is 1. The van der Waals surface area contributed by atoms with Gasteiger partial charge in [0.15, 0.2) is 0 Å². The second-order valence-electron chi connectivity index (χ2n) is 4.87. The van der Waals surface area contributed by atoms with Crippen molar-refractivity contribution >= 4 is 29.0 Å². The van der Waals surface area contributed by atoms with Crippen LogP contribution in [0.4, 0.5) is 0 Å². The van der Waals surface area contributed by atoms with Gasteiger partial charge in [0.05, 0.1) is 15.6 Å². The largest absolute Gasteiger partial charge is 0.246 e. The van der Waals surface area contributed by atoms with Crippen molar-refractivity contribution in [3.63, 3.8) is 0 Å². The summed E-state index contributed by atoms with van der Waals surface area (Å²) in [5.74, 6) is 1.38. The van der Waals surface area contributed by atoms with Crippen LogP contribution in [0.3, 0.4) is 0 Å². The molecule has 0 atom stereocenters. The normalized spacial score (nSPS) is 18.6. The summed E-state index contributed by atoms with van der Waals surface area (Å²) in [5.41, 5.74) is 2.56. The van der Waals surface area contributed by atoms with Gasteiger partial charge in [0.25, 0.3) is 0 Å². The standard InChI is InChI=1S/C14H20ClNS/c1-10-14(17-11(2)16-10)8-13(9-15)12-6-4-3-5-7-12/h8,12H,3-7,9H2,1-2H3. The van der Waals surface area contributed by atoms with Crippen LogP contribution in [-0.2, 0) is 0 Å². The molecule has 2 rings (SSSR count). The van der Waals surface area contributed by atoms with E-state index < -0.39 is 0 Å². The van der Waals surface area contributed by atoms with Crippen molar-refractivity contribution in [3.8, 4) is 0 Å². The van der Waals surface area contributed by atoms with Gasteiger partial charge in [-0.2, -0.15) is 0 Å². The van der Waals surface area contributed by atoms with Crippen LogP contribution >= 0.6 is 22.9 Å². The Balaban J connectivity index is 2.19. The molecule has 0 aliphatic heterocycles. The summed E-state index contributed by atoms with van der Waals surface area (Å²) in [5, 5.41) is 1.14. The molecule has 1 aromatic heterocycles. The van der Waals surface area contributed by atoms with E-state index in [1.165, 1.54) is 42.6 Å². The maximum atomic E-state index is 6.13. The Morgan fingerprint density at radius 1 is 1.35 bits per heavy atom. The summed E-state index contributed by atoms with van der Waals surface area (Å²) in [7, 11) is 0. The fraction of sp³-hybridized carbons (Fsp3) is 0.643. The Morgan fingerprint density at radius 3 is 2.59 bits per heavy atom. The summed E-state index contributed by atoms with van der Waals surface area (Å²) >= 11 is 7.90. The van der Waals surface area contributed by atoms with Gasteiger partial charge in [0.1, 0.15) is 0 Å². The van der Waals surface area contributed by atoms with Crippen molar-refractivity contribution in [2.75, 3.05) is 5.88 Å². The average molecular weight is 270 g/mol. The van der Waals surface area contributed by atoms with Crippen molar-refractivity contribution in [1.29, 1.82) is 0 Å². The molecule has 0 spiro atoms. The van der Waals surface area contributed by atoms with Crippen LogP contribution in [0, 0.1) is 19.8 Å². The Hall–Kier alpha value is -0.340. The lowest BCUT2D eigenvalue weighted by atomic mass is 9.84. The van der Waals surface area contributed by atoms with E-state index in [-0.39, 0.29) is 0 Å². The van der Waals surface area contributed by atoms with Gasteiger partial charge in [-0.15, -0.1) is 22.9 Å². The number of hydrogen-bond donors (Lipinski definition) is 0. The molecule has 1 aliphatic carbocycles. The molecule has 0 amide bonds. The van der Waals surface area contributed by atoms with E-state index in [0.29, 0.717) is 11.8 Å². The van der Waals surface area contributed by atoms with Gasteiger partial charge in [-0.05, 0) is 38.7 Å². The molecule has 0 radical (unpaired) electrons. The molecule has 1 aromatic rings. The second kappa shape index (κ2) is 6.01. The number of aryl methyl sites for hydroxylation is 2. The van der Waals surface area contributed by atoms with Gasteiger partial charge in [-0.3, -0.25) is 0 Å². The van der Waals surface area contributed by atoms with Crippen molar-refractivity contribution in [2.24, 2.45) is 5.92 Å². The van der Waals surface area contributed by atoms with Gasteiger partial charge in [0.2, 0.25) is 0 Å². The Labute approximate surface area is 113 Å². The highest BCUT2D eigenvalue weighted by atomic mass is 35.5. The zero-order valence-electron chi connectivity index (χ0n) is 10.6. The predicted molar refractivity (Wildman–Crippen MR) is 76.9 cm³/mol. The molecule has 0 bridgehead atoms. The van der Waals surface area contributed by atoms with E-state index in [1.54, 1.807) is 11.3 Å². The third-order valence-corrected chi connectivity index (χ3v) is 4.87. The smallest absolute Gasteiger partial charge is 0.0903 e. The lowest BCUT2D eigenvalue weighted by Crippen LogP contribution is -2.10. The predicted octanol–water partition coefficient (Wildman–Crippen LogP) is 4.96. The van der Waals surface area contributed by atoms with Crippen LogP contribution in [0.1, 0.15) is 47.7 Å². The van der Waals surface area contributed by atoms with Gasteiger partial charge in [0, 0.05) is 5.88 Å². The first-order valence-electron chi connectivity index (χ1n) is 6.41. The summed E-state index contributed by atoms with van der Waals surface area (Å²) < 4.78 is 0. The van der Waals surface area contributed by atoms with Crippen LogP contribution in [0.25, 0.3) is 6.08 Å². The zero-order valence-corrected chi connectivity index (χ0v) is 12.2. The lowest BCUT2D eigenvalue weighted by molar-refractivity contribution is 0.405. The van der Waals surface area contributed by atoms with Crippen molar-refractivity contribution < 1.29 is 0 Å². The first-order valence-corrected chi connectivity index (χ1v) is 7.76. The van der Waals surface area contributed by atoms with E-state index in [9.17, 15) is 0 Å². The summed E-state index contributed by atoms with van der Waals surface area (Å²) in [6.45, 7) is 4.15. The number of hydrogen-bond acceptors (Lipinski definition) is 2. The SMILES string of the molecule is Cc1nc(C)c(C=C(CCl)C2CCCCC2)s1. The highest BCUT2D eigenvalue weighted by molar-refractivity contribution is 7.12. The van der Waals surface area contributed by atoms with E-state index in [4.69, 9.17) is 11.6 Å². The van der Waals surface area contributed by atoms with Crippen LogP contribution in [-0.4, -0.2) is 10.9 Å². The van der Waals surface area contributed by atoms with E-state index >= 15 is 0 Å². The maximum absolute atomic E-state index is 6.13. The summed E-state index contributed by atoms with van der Waals surface area (Å²) in [6, 6.07) is 0. The first kappa shape index (κ1) is 13.1. The minimum atomic E-state index is 0.668. The molecule has 0 N–H and O–H groups in total. The molecule has 1 nitrogen and oxygen atoms in total. The van der Waals surface area contributed by atoms with Crippen molar-refractivity contribution in [2.45, 2.75) is 46.0 Å². The number of allylic oxidation sites excluding steroid dienone is 1. The fourth-order valence-electron chi connectivity index (χ4n) is 2.59. The molecular formula is C14H20ClNS. The molecule has 1 fully saturated rings. The minimum Gasteiger partial charge on any atom is -0.246 e. The Bertz CT molecular complexity index is 402. The van der Waals surface area contributed by atoms with Crippen LogP contribution in [0.2, 0.25) is 0 Å². The van der Waals surface area contributed by atoms with Crippen LogP contribution in [0.5, 0.6) is 0 Å². The lowest BCUT2D eigenvalue weighted by Gasteiger charge is -2.23. The molecule has 0 unspecified atom stereocenters. The van der Waals surface area contributed by atoms with E-state index in [2.05, 4.69) is 24.9 Å². The zero-order chi connectivity index (χ0) is 12.3. The van der Waals surface area contributed by atoms with Gasteiger partial charge in [-0.1, -0.05) is 24.8 Å². The van der Waals surface area contributed by atoms with Crippen LogP contribution in [0.15, 0.2) is 5.57 Å². The monoisotopic (exact) mass is 269 g/mol. The first-order chi connectivity index (χ1) is 8.20. The molecule has 0 saturated heterocycles. The van der Waals surface area contributed by atoms with Gasteiger partial charge >= 0.3 is 0 Å². The Morgan fingerprint density at radius 2 is 2.06 bits per heavy atom. The third kappa shape index (κ3) is 3.32. The molecule has 17 heavy (non-hydrogen) atoms.